The molecule has 0 aromatic carbocycles. The third-order valence-electron chi connectivity index (χ3n) is 4.69. The first-order valence-electron chi connectivity index (χ1n) is 9.33. The predicted octanol–water partition coefficient (Wildman–Crippen LogP) is 1.96. The number of halogens is 3. The number of carbonyl (C=O) groups is 2. The quantitative estimate of drug-likeness (QED) is 0.770. The van der Waals surface area contributed by atoms with E-state index in [1.807, 2.05) is 23.1 Å². The molecule has 9 nitrogen and oxygen atoms in total. The zero-order valence-electron chi connectivity index (χ0n) is 16.1. The summed E-state index contributed by atoms with van der Waals surface area (Å²) in [7, 11) is 0. The lowest BCUT2D eigenvalue weighted by Crippen LogP contribution is -2.44. The number of hydrogen-bond donors (Lipinski definition) is 1. The number of alkyl halides is 3. The van der Waals surface area contributed by atoms with Crippen LogP contribution in [0.4, 0.5) is 13.2 Å². The third-order valence-corrected chi connectivity index (χ3v) is 4.69. The van der Waals surface area contributed by atoms with Crippen LogP contribution >= 0.6 is 0 Å². The Labute approximate surface area is 174 Å². The third kappa shape index (κ3) is 5.66. The van der Waals surface area contributed by atoms with Crippen LogP contribution < -0.4 is 4.74 Å². The van der Waals surface area contributed by atoms with Crippen molar-refractivity contribution in [2.75, 3.05) is 13.2 Å². The number of hydrogen-bond acceptors (Lipinski definition) is 7. The van der Waals surface area contributed by atoms with Gasteiger partial charge in [0.25, 0.3) is 5.91 Å². The van der Waals surface area contributed by atoms with Gasteiger partial charge in [0, 0.05) is 25.1 Å². The SMILES string of the molecule is O=C(O)C(F)(F)F.O=C(c1ccncn1)N1C[C@@H](Oc2ccccn2)[C@H]2OCCC[C@H]21. The van der Waals surface area contributed by atoms with Crippen molar-refractivity contribution in [2.45, 2.75) is 37.3 Å². The standard InChI is InChI=1S/C17H18N4O3.C2HF3O2/c22-17(12-6-8-18-11-20-12)21-10-14(16-13(21)4-3-9-23-16)24-15-5-1-2-7-19-15;3-2(4,5)1(6)7/h1-2,5-8,11,13-14,16H,3-4,9-10H2;(H,6,7)/t13-,14-,16+;/m1./s1. The van der Waals surface area contributed by atoms with E-state index in [4.69, 9.17) is 19.4 Å². The molecular formula is C19H19F3N4O5. The number of aliphatic carboxylic acids is 1. The fourth-order valence-electron chi connectivity index (χ4n) is 3.38. The zero-order valence-corrected chi connectivity index (χ0v) is 16.1. The fraction of sp³-hybridized carbons (Fsp3) is 0.421. The van der Waals surface area contributed by atoms with Gasteiger partial charge in [0.2, 0.25) is 5.88 Å². The number of likely N-dealkylation sites (tertiary alicyclic amines) is 1. The van der Waals surface area contributed by atoms with Gasteiger partial charge in [0.05, 0.1) is 12.6 Å². The van der Waals surface area contributed by atoms with E-state index in [2.05, 4.69) is 15.0 Å². The average Bonchev–Trinajstić information content (AvgIpc) is 3.13. The summed E-state index contributed by atoms with van der Waals surface area (Å²) in [5, 5.41) is 7.12. The summed E-state index contributed by atoms with van der Waals surface area (Å²) < 4.78 is 43.7. The van der Waals surface area contributed by atoms with Gasteiger partial charge in [-0.05, 0) is 25.0 Å². The maximum absolute atomic E-state index is 12.8. The summed E-state index contributed by atoms with van der Waals surface area (Å²) in [6.07, 6.45) is 1.05. The number of rotatable bonds is 3. The second-order valence-electron chi connectivity index (χ2n) is 6.72. The van der Waals surface area contributed by atoms with E-state index in [1.54, 1.807) is 18.5 Å². The Morgan fingerprint density at radius 1 is 1.19 bits per heavy atom. The van der Waals surface area contributed by atoms with Crippen LogP contribution in [0.5, 0.6) is 5.88 Å². The topological polar surface area (TPSA) is 115 Å². The molecule has 0 radical (unpaired) electrons. The highest BCUT2D eigenvalue weighted by Gasteiger charge is 2.48. The molecule has 166 valence electrons. The summed E-state index contributed by atoms with van der Waals surface area (Å²) in [5.41, 5.74) is 0.396. The Morgan fingerprint density at radius 3 is 2.58 bits per heavy atom. The number of amides is 1. The van der Waals surface area contributed by atoms with Gasteiger partial charge in [0.1, 0.15) is 24.2 Å². The number of carboxylic acids is 1. The van der Waals surface area contributed by atoms with Crippen molar-refractivity contribution in [3.8, 4) is 5.88 Å². The lowest BCUT2D eigenvalue weighted by Gasteiger charge is -2.31. The van der Waals surface area contributed by atoms with Crippen molar-refractivity contribution < 1.29 is 37.3 Å². The zero-order chi connectivity index (χ0) is 22.4. The molecule has 0 aliphatic carbocycles. The van der Waals surface area contributed by atoms with E-state index < -0.39 is 12.1 Å². The van der Waals surface area contributed by atoms with Gasteiger partial charge in [0.15, 0.2) is 0 Å². The van der Waals surface area contributed by atoms with E-state index in [1.165, 1.54) is 6.33 Å². The molecule has 2 saturated heterocycles. The predicted molar refractivity (Wildman–Crippen MR) is 98.2 cm³/mol. The molecule has 0 spiro atoms. The maximum atomic E-state index is 12.8. The van der Waals surface area contributed by atoms with Crippen molar-refractivity contribution in [1.29, 1.82) is 0 Å². The number of fused-ring (bicyclic) bond motifs is 1. The smallest absolute Gasteiger partial charge is 0.475 e. The minimum atomic E-state index is -5.08. The molecule has 2 aromatic heterocycles. The van der Waals surface area contributed by atoms with Crippen molar-refractivity contribution in [2.24, 2.45) is 0 Å². The molecule has 2 fully saturated rings. The van der Waals surface area contributed by atoms with Gasteiger partial charge < -0.3 is 19.5 Å². The van der Waals surface area contributed by atoms with Gasteiger partial charge >= 0.3 is 12.1 Å². The Kier molecular flexibility index (Phi) is 7.00. The molecule has 31 heavy (non-hydrogen) atoms. The van der Waals surface area contributed by atoms with Crippen LogP contribution in [0.25, 0.3) is 0 Å². The van der Waals surface area contributed by atoms with E-state index in [0.717, 1.165) is 12.8 Å². The van der Waals surface area contributed by atoms with E-state index in [0.29, 0.717) is 24.7 Å². The number of nitrogens with zero attached hydrogens (tertiary/aromatic N) is 4. The van der Waals surface area contributed by atoms with E-state index in [9.17, 15) is 18.0 Å². The second kappa shape index (κ2) is 9.69. The van der Waals surface area contributed by atoms with Crippen LogP contribution in [0.1, 0.15) is 23.3 Å². The number of aromatic nitrogens is 3. The van der Waals surface area contributed by atoms with E-state index in [-0.39, 0.29) is 24.2 Å². The normalized spacial score (nSPS) is 22.7. The van der Waals surface area contributed by atoms with Crippen LogP contribution in [0.2, 0.25) is 0 Å². The van der Waals surface area contributed by atoms with Crippen LogP contribution in [-0.2, 0) is 9.53 Å². The van der Waals surface area contributed by atoms with Gasteiger partial charge in [-0.3, -0.25) is 4.79 Å². The Balaban J connectivity index is 0.000000339. The van der Waals surface area contributed by atoms with Crippen LogP contribution in [0, 0.1) is 0 Å². The molecule has 4 heterocycles. The summed E-state index contributed by atoms with van der Waals surface area (Å²) in [5.74, 6) is -2.32. The number of carbonyl (C=O) groups excluding carboxylic acids is 1. The number of ether oxygens (including phenoxy) is 2. The lowest BCUT2D eigenvalue weighted by molar-refractivity contribution is -0.192. The molecule has 1 amide bonds. The minimum absolute atomic E-state index is 0.00919. The maximum Gasteiger partial charge on any atom is 0.490 e. The monoisotopic (exact) mass is 440 g/mol. The number of carboxylic acid groups (broad SMARTS) is 1. The van der Waals surface area contributed by atoms with Crippen molar-refractivity contribution >= 4 is 11.9 Å². The van der Waals surface area contributed by atoms with Crippen LogP contribution in [0.3, 0.4) is 0 Å². The summed E-state index contributed by atoms with van der Waals surface area (Å²) in [4.78, 5) is 35.7. The molecule has 12 heteroatoms. The molecule has 2 aliphatic rings. The number of pyridine rings is 1. The molecule has 0 saturated carbocycles. The Bertz CT molecular complexity index is 885. The van der Waals surface area contributed by atoms with Crippen molar-refractivity contribution in [3.05, 3.63) is 48.7 Å². The first-order chi connectivity index (χ1) is 14.8. The van der Waals surface area contributed by atoms with Gasteiger partial charge in [-0.1, -0.05) is 6.07 Å². The van der Waals surface area contributed by atoms with Crippen LogP contribution in [0.15, 0.2) is 43.0 Å². The van der Waals surface area contributed by atoms with Gasteiger partial charge in [-0.25, -0.2) is 19.7 Å². The molecule has 0 bridgehead atoms. The minimum Gasteiger partial charge on any atom is -0.475 e. The highest BCUT2D eigenvalue weighted by atomic mass is 19.4. The summed E-state index contributed by atoms with van der Waals surface area (Å²) >= 11 is 0. The largest absolute Gasteiger partial charge is 0.490 e. The van der Waals surface area contributed by atoms with Gasteiger partial charge in [-0.15, -0.1) is 0 Å². The molecule has 2 aromatic rings. The first kappa shape index (κ1) is 22.4. The highest BCUT2D eigenvalue weighted by Crippen LogP contribution is 2.32. The molecular weight excluding hydrogens is 421 g/mol. The Hall–Kier alpha value is -3.28. The summed E-state index contributed by atoms with van der Waals surface area (Å²) in [6, 6.07) is 7.17. The van der Waals surface area contributed by atoms with E-state index >= 15 is 0 Å². The van der Waals surface area contributed by atoms with Crippen molar-refractivity contribution in [1.82, 2.24) is 19.9 Å². The first-order valence-corrected chi connectivity index (χ1v) is 9.33. The van der Waals surface area contributed by atoms with Crippen molar-refractivity contribution in [3.63, 3.8) is 0 Å². The lowest BCUT2D eigenvalue weighted by atomic mass is 10.0. The molecule has 3 atom stereocenters. The molecule has 2 aliphatic heterocycles. The van der Waals surface area contributed by atoms with Crippen LogP contribution in [-0.4, -0.2) is 74.4 Å². The summed E-state index contributed by atoms with van der Waals surface area (Å²) in [6.45, 7) is 1.16. The fourth-order valence-corrected chi connectivity index (χ4v) is 3.38. The highest BCUT2D eigenvalue weighted by molar-refractivity contribution is 5.92. The van der Waals surface area contributed by atoms with Gasteiger partial charge in [-0.2, -0.15) is 13.2 Å². The molecule has 1 N–H and O–H groups in total. The molecule has 4 rings (SSSR count). The second-order valence-corrected chi connectivity index (χ2v) is 6.72. The molecule has 0 unspecified atom stereocenters. The Morgan fingerprint density at radius 2 is 1.97 bits per heavy atom. The average molecular weight is 440 g/mol.